The summed E-state index contributed by atoms with van der Waals surface area (Å²) in [6.07, 6.45) is 4.77. The van der Waals surface area contributed by atoms with E-state index < -0.39 is 5.60 Å². The smallest absolute Gasteiger partial charge is 0.0688 e. The largest absolute Gasteiger partial charge is 0.390 e. The monoisotopic (exact) mass is 280 g/mol. The first-order valence-electron chi connectivity index (χ1n) is 7.98. The van der Waals surface area contributed by atoms with Crippen LogP contribution in [0.25, 0.3) is 0 Å². The second-order valence-corrected chi connectivity index (χ2v) is 6.58. The molecule has 21 heavy (non-hydrogen) atoms. The van der Waals surface area contributed by atoms with Crippen molar-refractivity contribution in [2.45, 2.75) is 50.5 Å². The fourth-order valence-corrected chi connectivity index (χ4v) is 3.59. The molecule has 0 spiro atoms. The lowest BCUT2D eigenvalue weighted by Gasteiger charge is -2.36. The molecule has 1 nitrogen and oxygen atoms in total. The predicted molar refractivity (Wildman–Crippen MR) is 87.5 cm³/mol. The molecule has 1 heteroatoms. The van der Waals surface area contributed by atoms with Crippen LogP contribution in [0.5, 0.6) is 0 Å². The summed E-state index contributed by atoms with van der Waals surface area (Å²) >= 11 is 0. The van der Waals surface area contributed by atoms with E-state index in [1.54, 1.807) is 0 Å². The lowest BCUT2D eigenvalue weighted by atomic mass is 9.74. The van der Waals surface area contributed by atoms with E-state index in [1.165, 1.54) is 16.7 Å². The minimum atomic E-state index is -0.515. The van der Waals surface area contributed by atoms with Crippen molar-refractivity contribution in [1.29, 1.82) is 0 Å². The number of aryl methyl sites for hydroxylation is 1. The molecule has 0 radical (unpaired) electrons. The van der Waals surface area contributed by atoms with Gasteiger partial charge < -0.3 is 5.11 Å². The van der Waals surface area contributed by atoms with Crippen LogP contribution in [0.1, 0.15) is 48.3 Å². The van der Waals surface area contributed by atoms with E-state index >= 15 is 0 Å². The van der Waals surface area contributed by atoms with Gasteiger partial charge in [-0.2, -0.15) is 0 Å². The van der Waals surface area contributed by atoms with Gasteiger partial charge in [0.1, 0.15) is 0 Å². The van der Waals surface area contributed by atoms with Crippen LogP contribution in [0.2, 0.25) is 0 Å². The fourth-order valence-electron chi connectivity index (χ4n) is 3.59. The molecule has 2 aromatic rings. The SMILES string of the molecule is Cc1cccc(CC2(O)CCC(c3ccccc3)CC2)c1. The van der Waals surface area contributed by atoms with Gasteiger partial charge in [0, 0.05) is 6.42 Å². The Labute approximate surface area is 127 Å². The maximum Gasteiger partial charge on any atom is 0.0688 e. The Balaban J connectivity index is 1.64. The molecule has 0 unspecified atom stereocenters. The molecule has 1 saturated carbocycles. The molecule has 0 aromatic heterocycles. The van der Waals surface area contributed by atoms with Gasteiger partial charge in [-0.3, -0.25) is 0 Å². The first kappa shape index (κ1) is 14.3. The highest BCUT2D eigenvalue weighted by Crippen LogP contribution is 2.39. The van der Waals surface area contributed by atoms with E-state index in [2.05, 4.69) is 61.5 Å². The minimum absolute atomic E-state index is 0.515. The molecule has 110 valence electrons. The highest BCUT2D eigenvalue weighted by Gasteiger charge is 2.33. The number of aliphatic hydroxyl groups is 1. The second kappa shape index (κ2) is 6.03. The molecule has 2 aromatic carbocycles. The van der Waals surface area contributed by atoms with Crippen molar-refractivity contribution in [2.75, 3.05) is 0 Å². The minimum Gasteiger partial charge on any atom is -0.390 e. The van der Waals surface area contributed by atoms with Gasteiger partial charge in [-0.1, -0.05) is 60.2 Å². The lowest BCUT2D eigenvalue weighted by Crippen LogP contribution is -2.35. The molecular formula is C20H24O. The van der Waals surface area contributed by atoms with Gasteiger partial charge in [-0.15, -0.1) is 0 Å². The molecule has 3 rings (SSSR count). The third kappa shape index (κ3) is 3.54. The third-order valence-corrected chi connectivity index (χ3v) is 4.80. The number of rotatable bonds is 3. The Morgan fingerprint density at radius 2 is 1.71 bits per heavy atom. The summed E-state index contributed by atoms with van der Waals surface area (Å²) in [4.78, 5) is 0. The zero-order chi connectivity index (χ0) is 14.7. The summed E-state index contributed by atoms with van der Waals surface area (Å²) in [5.41, 5.74) is 3.44. The van der Waals surface area contributed by atoms with Gasteiger partial charge >= 0.3 is 0 Å². The Bertz CT molecular complexity index is 580. The van der Waals surface area contributed by atoms with Crippen LogP contribution in [0, 0.1) is 6.92 Å². The first-order chi connectivity index (χ1) is 10.1. The molecule has 1 fully saturated rings. The topological polar surface area (TPSA) is 20.2 Å². The summed E-state index contributed by atoms with van der Waals surface area (Å²) in [5, 5.41) is 10.9. The van der Waals surface area contributed by atoms with Gasteiger partial charge in [0.15, 0.2) is 0 Å². The van der Waals surface area contributed by atoms with Crippen molar-refractivity contribution >= 4 is 0 Å². The van der Waals surface area contributed by atoms with Gasteiger partial charge in [0.2, 0.25) is 0 Å². The highest BCUT2D eigenvalue weighted by atomic mass is 16.3. The highest BCUT2D eigenvalue weighted by molar-refractivity contribution is 5.25. The average molecular weight is 280 g/mol. The first-order valence-corrected chi connectivity index (χ1v) is 7.98. The summed E-state index contributed by atoms with van der Waals surface area (Å²) in [5.74, 6) is 0.615. The number of hydrogen-bond acceptors (Lipinski definition) is 1. The Morgan fingerprint density at radius 3 is 2.38 bits per heavy atom. The zero-order valence-corrected chi connectivity index (χ0v) is 12.8. The van der Waals surface area contributed by atoms with Crippen LogP contribution in [0.15, 0.2) is 54.6 Å². The van der Waals surface area contributed by atoms with Crippen molar-refractivity contribution in [1.82, 2.24) is 0 Å². The number of benzene rings is 2. The van der Waals surface area contributed by atoms with Crippen molar-refractivity contribution in [2.24, 2.45) is 0 Å². The van der Waals surface area contributed by atoms with Crippen LogP contribution < -0.4 is 0 Å². The molecule has 0 atom stereocenters. The lowest BCUT2D eigenvalue weighted by molar-refractivity contribution is -0.000461. The van der Waals surface area contributed by atoms with Crippen molar-refractivity contribution in [3.8, 4) is 0 Å². The maximum atomic E-state index is 10.9. The zero-order valence-electron chi connectivity index (χ0n) is 12.8. The van der Waals surface area contributed by atoms with Crippen molar-refractivity contribution in [3.63, 3.8) is 0 Å². The van der Waals surface area contributed by atoms with Crippen LogP contribution in [-0.4, -0.2) is 10.7 Å². The van der Waals surface area contributed by atoms with Crippen LogP contribution in [0.3, 0.4) is 0 Å². The standard InChI is InChI=1S/C20H24O/c1-16-6-5-7-17(14-16)15-20(21)12-10-19(11-13-20)18-8-3-2-4-9-18/h2-9,14,19,21H,10-13,15H2,1H3. The van der Waals surface area contributed by atoms with Crippen LogP contribution in [-0.2, 0) is 6.42 Å². The molecule has 0 bridgehead atoms. The van der Waals surface area contributed by atoms with Crippen molar-refractivity contribution in [3.05, 3.63) is 71.3 Å². The summed E-state index contributed by atoms with van der Waals surface area (Å²) in [6.45, 7) is 2.11. The Kier molecular flexibility index (Phi) is 4.12. The van der Waals surface area contributed by atoms with Crippen LogP contribution in [0.4, 0.5) is 0 Å². The van der Waals surface area contributed by atoms with E-state index in [1.807, 2.05) is 0 Å². The molecule has 0 aliphatic heterocycles. The van der Waals surface area contributed by atoms with E-state index in [0.29, 0.717) is 5.92 Å². The summed E-state index contributed by atoms with van der Waals surface area (Å²) < 4.78 is 0. The average Bonchev–Trinajstić information content (AvgIpc) is 2.48. The van der Waals surface area contributed by atoms with E-state index in [0.717, 1.165) is 32.1 Å². The number of hydrogen-bond donors (Lipinski definition) is 1. The molecule has 1 N–H and O–H groups in total. The van der Waals surface area contributed by atoms with Crippen LogP contribution >= 0.6 is 0 Å². The molecule has 1 aliphatic carbocycles. The van der Waals surface area contributed by atoms with E-state index in [9.17, 15) is 5.11 Å². The Hall–Kier alpha value is -1.60. The normalized spacial score (nSPS) is 25.7. The van der Waals surface area contributed by atoms with Gasteiger partial charge in [-0.25, -0.2) is 0 Å². The Morgan fingerprint density at radius 1 is 1.00 bits per heavy atom. The maximum absolute atomic E-state index is 10.9. The molecule has 0 amide bonds. The fraction of sp³-hybridized carbons (Fsp3) is 0.400. The quantitative estimate of drug-likeness (QED) is 0.869. The molecule has 1 aliphatic rings. The second-order valence-electron chi connectivity index (χ2n) is 6.58. The van der Waals surface area contributed by atoms with Crippen molar-refractivity contribution < 1.29 is 5.11 Å². The predicted octanol–water partition coefficient (Wildman–Crippen LogP) is 4.63. The molecule has 0 heterocycles. The molecule has 0 saturated heterocycles. The summed E-state index contributed by atoms with van der Waals surface area (Å²) in [6, 6.07) is 19.3. The van der Waals surface area contributed by atoms with Gasteiger partial charge in [-0.05, 0) is 49.7 Å². The summed E-state index contributed by atoms with van der Waals surface area (Å²) in [7, 11) is 0. The van der Waals surface area contributed by atoms with E-state index in [4.69, 9.17) is 0 Å². The van der Waals surface area contributed by atoms with Gasteiger partial charge in [0.05, 0.1) is 5.60 Å². The molecular weight excluding hydrogens is 256 g/mol. The van der Waals surface area contributed by atoms with E-state index in [-0.39, 0.29) is 0 Å². The third-order valence-electron chi connectivity index (χ3n) is 4.80. The van der Waals surface area contributed by atoms with Gasteiger partial charge in [0.25, 0.3) is 0 Å².